The number of aromatic nitrogens is 5. The third-order valence-corrected chi connectivity index (χ3v) is 5.05. The van der Waals surface area contributed by atoms with E-state index in [4.69, 9.17) is 0 Å². The molecule has 0 spiro atoms. The van der Waals surface area contributed by atoms with E-state index in [-0.39, 0.29) is 5.91 Å². The predicted octanol–water partition coefficient (Wildman–Crippen LogP) is 4.47. The molecule has 0 bridgehead atoms. The summed E-state index contributed by atoms with van der Waals surface area (Å²) < 4.78 is 4.44. The Hall–Kier alpha value is -4.11. The van der Waals surface area contributed by atoms with Crippen molar-refractivity contribution in [2.24, 2.45) is 0 Å². The van der Waals surface area contributed by atoms with Crippen LogP contribution in [0.2, 0.25) is 0 Å². The molecule has 2 aromatic carbocycles. The summed E-state index contributed by atoms with van der Waals surface area (Å²) in [5, 5.41) is 14.8. The fourth-order valence-corrected chi connectivity index (χ4v) is 3.58. The van der Waals surface area contributed by atoms with Gasteiger partial charge >= 0.3 is 0 Å². The molecule has 30 heavy (non-hydrogen) atoms. The number of hydrogen-bond donors (Lipinski definition) is 3. The lowest BCUT2D eigenvalue weighted by Gasteiger charge is -2.06. The zero-order chi connectivity index (χ0) is 20.3. The van der Waals surface area contributed by atoms with Crippen molar-refractivity contribution in [3.8, 4) is 11.4 Å². The summed E-state index contributed by atoms with van der Waals surface area (Å²) in [4.78, 5) is 20.9. The number of carbonyl (C=O) groups is 1. The first-order valence-corrected chi connectivity index (χ1v) is 9.88. The fraction of sp³-hybridized carbons (Fsp3) is 0. The third-order valence-electron chi connectivity index (χ3n) is 4.42. The average molecular weight is 413 g/mol. The number of benzene rings is 2. The molecule has 0 saturated carbocycles. The minimum absolute atomic E-state index is 0.219. The Balaban J connectivity index is 1.33. The minimum atomic E-state index is -0.219. The van der Waals surface area contributed by atoms with E-state index >= 15 is 0 Å². The summed E-state index contributed by atoms with van der Waals surface area (Å²) in [6.07, 6.45) is 4.93. The number of nitrogens with zero attached hydrogens (tertiary/aromatic N) is 4. The number of amides is 1. The van der Waals surface area contributed by atoms with Crippen LogP contribution >= 0.6 is 11.5 Å². The third kappa shape index (κ3) is 3.74. The summed E-state index contributed by atoms with van der Waals surface area (Å²) in [5.41, 5.74) is 3.85. The second kappa shape index (κ2) is 7.72. The van der Waals surface area contributed by atoms with Gasteiger partial charge in [-0.05, 0) is 42.5 Å². The van der Waals surface area contributed by atoms with E-state index < -0.39 is 0 Å². The van der Waals surface area contributed by atoms with Crippen LogP contribution in [-0.2, 0) is 0 Å². The highest BCUT2D eigenvalue weighted by atomic mass is 32.1. The molecule has 0 fully saturated rings. The van der Waals surface area contributed by atoms with Crippen LogP contribution in [0.25, 0.3) is 22.3 Å². The summed E-state index contributed by atoms with van der Waals surface area (Å²) in [6.45, 7) is 0. The van der Waals surface area contributed by atoms with Crippen molar-refractivity contribution >= 4 is 44.8 Å². The van der Waals surface area contributed by atoms with Gasteiger partial charge in [-0.1, -0.05) is 12.1 Å². The van der Waals surface area contributed by atoms with Gasteiger partial charge in [0.2, 0.25) is 5.13 Å². The SMILES string of the molecule is O=C(Nc1cccc(-c2nsc(Nc3ccc4[nH]ncc4c3)n2)c1)c1cccnc1. The Morgan fingerprint density at radius 2 is 1.97 bits per heavy atom. The molecule has 3 N–H and O–H groups in total. The van der Waals surface area contributed by atoms with Gasteiger partial charge in [-0.3, -0.25) is 14.9 Å². The molecular weight excluding hydrogens is 398 g/mol. The first-order chi connectivity index (χ1) is 14.7. The minimum Gasteiger partial charge on any atom is -0.330 e. The molecule has 0 unspecified atom stereocenters. The molecule has 0 aliphatic carbocycles. The zero-order valence-electron chi connectivity index (χ0n) is 15.5. The Kier molecular flexibility index (Phi) is 4.62. The monoisotopic (exact) mass is 413 g/mol. The average Bonchev–Trinajstić information content (AvgIpc) is 3.44. The molecular formula is C21H15N7OS. The van der Waals surface area contributed by atoms with Crippen molar-refractivity contribution in [2.45, 2.75) is 0 Å². The lowest BCUT2D eigenvalue weighted by molar-refractivity contribution is 0.102. The van der Waals surface area contributed by atoms with Crippen LogP contribution in [0, 0.1) is 0 Å². The van der Waals surface area contributed by atoms with Gasteiger partial charge < -0.3 is 10.6 Å². The first kappa shape index (κ1) is 18.0. The van der Waals surface area contributed by atoms with Crippen LogP contribution in [0.1, 0.15) is 10.4 Å². The summed E-state index contributed by atoms with van der Waals surface area (Å²) in [7, 11) is 0. The Morgan fingerprint density at radius 3 is 2.87 bits per heavy atom. The summed E-state index contributed by atoms with van der Waals surface area (Å²) in [5.74, 6) is 0.368. The Bertz CT molecular complexity index is 1330. The van der Waals surface area contributed by atoms with Gasteiger partial charge in [0, 0.05) is 46.3 Å². The molecule has 3 aromatic heterocycles. The normalized spacial score (nSPS) is 10.8. The molecule has 0 saturated heterocycles. The maximum Gasteiger partial charge on any atom is 0.257 e. The smallest absolute Gasteiger partial charge is 0.257 e. The van der Waals surface area contributed by atoms with Gasteiger partial charge in [0.15, 0.2) is 5.82 Å². The van der Waals surface area contributed by atoms with Gasteiger partial charge in [0.1, 0.15) is 0 Å². The number of H-pyrrole nitrogens is 1. The van der Waals surface area contributed by atoms with Crippen molar-refractivity contribution in [1.82, 2.24) is 24.5 Å². The summed E-state index contributed by atoms with van der Waals surface area (Å²) >= 11 is 1.27. The molecule has 0 radical (unpaired) electrons. The van der Waals surface area contributed by atoms with Crippen molar-refractivity contribution in [1.29, 1.82) is 0 Å². The molecule has 5 rings (SSSR count). The second-order valence-corrected chi connectivity index (χ2v) is 7.25. The fourth-order valence-electron chi connectivity index (χ4n) is 2.97. The largest absolute Gasteiger partial charge is 0.330 e. The number of nitrogens with one attached hydrogen (secondary N) is 3. The highest BCUT2D eigenvalue weighted by Crippen LogP contribution is 2.27. The number of rotatable bonds is 5. The Labute approximate surface area is 175 Å². The lowest BCUT2D eigenvalue weighted by Crippen LogP contribution is -2.11. The predicted molar refractivity (Wildman–Crippen MR) is 117 cm³/mol. The highest BCUT2D eigenvalue weighted by molar-refractivity contribution is 7.09. The van der Waals surface area contributed by atoms with Crippen LogP contribution in [0.3, 0.4) is 0 Å². The number of carbonyl (C=O) groups excluding carboxylic acids is 1. The number of aromatic amines is 1. The van der Waals surface area contributed by atoms with Crippen LogP contribution in [0.15, 0.2) is 73.2 Å². The van der Waals surface area contributed by atoms with E-state index in [1.165, 1.54) is 17.7 Å². The number of anilines is 3. The van der Waals surface area contributed by atoms with Gasteiger partial charge in [-0.25, -0.2) is 0 Å². The quantitative estimate of drug-likeness (QED) is 0.392. The van der Waals surface area contributed by atoms with E-state index in [9.17, 15) is 4.79 Å². The molecule has 3 heterocycles. The van der Waals surface area contributed by atoms with Crippen molar-refractivity contribution in [2.75, 3.05) is 10.6 Å². The van der Waals surface area contributed by atoms with Gasteiger partial charge in [0.25, 0.3) is 5.91 Å². The molecule has 5 aromatic rings. The van der Waals surface area contributed by atoms with Crippen molar-refractivity contribution in [3.63, 3.8) is 0 Å². The molecule has 1 amide bonds. The van der Waals surface area contributed by atoms with E-state index in [0.29, 0.717) is 22.2 Å². The number of hydrogen-bond acceptors (Lipinski definition) is 7. The van der Waals surface area contributed by atoms with Gasteiger partial charge in [0.05, 0.1) is 17.3 Å². The lowest BCUT2D eigenvalue weighted by atomic mass is 10.2. The molecule has 0 aliphatic rings. The molecule has 0 atom stereocenters. The van der Waals surface area contributed by atoms with Gasteiger partial charge in [-0.2, -0.15) is 14.5 Å². The zero-order valence-corrected chi connectivity index (χ0v) is 16.4. The number of pyridine rings is 1. The van der Waals surface area contributed by atoms with E-state index in [1.807, 2.05) is 42.5 Å². The van der Waals surface area contributed by atoms with E-state index in [1.54, 1.807) is 24.5 Å². The second-order valence-electron chi connectivity index (χ2n) is 6.50. The molecule has 0 aliphatic heterocycles. The Morgan fingerprint density at radius 1 is 1.00 bits per heavy atom. The topological polar surface area (TPSA) is 108 Å². The van der Waals surface area contributed by atoms with Crippen LogP contribution in [0.4, 0.5) is 16.5 Å². The molecule has 8 nitrogen and oxygen atoms in total. The first-order valence-electron chi connectivity index (χ1n) is 9.10. The summed E-state index contributed by atoms with van der Waals surface area (Å²) in [6, 6.07) is 16.8. The van der Waals surface area contributed by atoms with Crippen molar-refractivity contribution < 1.29 is 4.79 Å². The van der Waals surface area contributed by atoms with Crippen LogP contribution < -0.4 is 10.6 Å². The standard InChI is InChI=1S/C21H15N7OS/c29-20(14-4-2-8-22-11-14)24-16-5-1-3-13(9-16)19-26-21(30-28-19)25-17-6-7-18-15(10-17)12-23-27-18/h1-12H,(H,23,27)(H,24,29)(H,25,26,28). The molecule has 9 heteroatoms. The number of fused-ring (bicyclic) bond motifs is 1. The van der Waals surface area contributed by atoms with E-state index in [2.05, 4.69) is 35.2 Å². The van der Waals surface area contributed by atoms with E-state index in [0.717, 1.165) is 22.2 Å². The van der Waals surface area contributed by atoms with Crippen molar-refractivity contribution in [3.05, 3.63) is 78.8 Å². The maximum absolute atomic E-state index is 12.3. The van der Waals surface area contributed by atoms with Gasteiger partial charge in [-0.15, -0.1) is 0 Å². The molecule has 146 valence electrons. The van der Waals surface area contributed by atoms with Crippen LogP contribution in [0.5, 0.6) is 0 Å². The highest BCUT2D eigenvalue weighted by Gasteiger charge is 2.10. The maximum atomic E-state index is 12.3. The van der Waals surface area contributed by atoms with Crippen LogP contribution in [-0.4, -0.2) is 30.4 Å².